The van der Waals surface area contributed by atoms with Crippen molar-refractivity contribution in [2.45, 2.75) is 50.6 Å². The van der Waals surface area contributed by atoms with E-state index in [9.17, 15) is 9.59 Å². The van der Waals surface area contributed by atoms with Gasteiger partial charge in [0.2, 0.25) is 11.8 Å². The Balaban J connectivity index is 1.54. The lowest BCUT2D eigenvalue weighted by atomic mass is 9.94. The number of carbonyl (C=O) groups excluding carboxylic acids is 2. The minimum Gasteiger partial charge on any atom is -0.497 e. The number of amides is 2. The van der Waals surface area contributed by atoms with Gasteiger partial charge >= 0.3 is 0 Å². The second kappa shape index (κ2) is 11.3. The number of nitrogens with zero attached hydrogens (tertiary/aromatic N) is 2. The zero-order valence-electron chi connectivity index (χ0n) is 21.0. The van der Waals surface area contributed by atoms with Crippen molar-refractivity contribution in [3.05, 3.63) is 90.4 Å². The van der Waals surface area contributed by atoms with Gasteiger partial charge < -0.3 is 15.0 Å². The van der Waals surface area contributed by atoms with E-state index in [0.717, 1.165) is 42.1 Å². The third-order valence-electron chi connectivity index (χ3n) is 7.09. The molecule has 5 rings (SSSR count). The first kappa shape index (κ1) is 24.6. The summed E-state index contributed by atoms with van der Waals surface area (Å²) < 4.78 is 5.34. The summed E-state index contributed by atoms with van der Waals surface area (Å²) in [6, 6.07) is 18.1. The van der Waals surface area contributed by atoms with Crippen molar-refractivity contribution >= 4 is 28.4 Å². The number of pyridine rings is 1. The van der Waals surface area contributed by atoms with Gasteiger partial charge in [0.1, 0.15) is 11.8 Å². The zero-order chi connectivity index (χ0) is 25.6. The van der Waals surface area contributed by atoms with Crippen LogP contribution in [0.25, 0.3) is 10.9 Å². The van der Waals surface area contributed by atoms with Gasteiger partial charge in [-0.2, -0.15) is 0 Å². The van der Waals surface area contributed by atoms with Gasteiger partial charge in [-0.15, -0.1) is 0 Å². The minimum absolute atomic E-state index is 0.113. The summed E-state index contributed by atoms with van der Waals surface area (Å²) in [6.07, 6.45) is 10.7. The van der Waals surface area contributed by atoms with Crippen LogP contribution in [0.5, 0.6) is 5.75 Å². The van der Waals surface area contributed by atoms with E-state index in [1.165, 1.54) is 6.42 Å². The van der Waals surface area contributed by atoms with E-state index in [4.69, 9.17) is 4.74 Å². The number of methoxy groups -OCH3 is 1. The predicted octanol–water partition coefficient (Wildman–Crippen LogP) is 5.34. The minimum atomic E-state index is -0.860. The maximum absolute atomic E-state index is 14.1. The number of para-hydroxylation sites is 1. The number of hydrogen-bond acceptors (Lipinski definition) is 4. The molecule has 1 saturated carbocycles. The van der Waals surface area contributed by atoms with E-state index in [0.29, 0.717) is 17.0 Å². The molecule has 2 N–H and O–H groups in total. The van der Waals surface area contributed by atoms with Gasteiger partial charge in [0, 0.05) is 46.8 Å². The smallest absolute Gasteiger partial charge is 0.248 e. The normalized spacial score (nSPS) is 14.7. The van der Waals surface area contributed by atoms with E-state index in [1.807, 2.05) is 48.7 Å². The van der Waals surface area contributed by atoms with Gasteiger partial charge in [0.25, 0.3) is 0 Å². The highest BCUT2D eigenvalue weighted by Gasteiger charge is 2.34. The fourth-order valence-electron chi connectivity index (χ4n) is 5.19. The average molecular weight is 497 g/mol. The van der Waals surface area contributed by atoms with Gasteiger partial charge in [-0.25, -0.2) is 0 Å². The molecule has 2 aromatic carbocycles. The molecule has 1 fully saturated rings. The van der Waals surface area contributed by atoms with Crippen molar-refractivity contribution < 1.29 is 14.3 Å². The van der Waals surface area contributed by atoms with Crippen molar-refractivity contribution in [2.24, 2.45) is 0 Å². The van der Waals surface area contributed by atoms with E-state index in [2.05, 4.69) is 15.3 Å². The molecule has 1 aliphatic rings. The molecule has 4 aromatic rings. The standard InChI is InChI=1S/C30H32N4O3/c1-37-25-15-13-24(14-16-25)34(28(35)18-22-20-32-27-12-6-5-11-26(22)27)29(21-8-7-17-31-19-21)30(36)33-23-9-3-2-4-10-23/h5-8,11-17,19-20,23,29,32H,2-4,9-10,18H2,1H3,(H,33,36)/t29-/m0/s1. The summed E-state index contributed by atoms with van der Waals surface area (Å²) in [5.74, 6) is 0.308. The van der Waals surface area contributed by atoms with Crippen LogP contribution in [0.4, 0.5) is 5.69 Å². The third-order valence-corrected chi connectivity index (χ3v) is 7.09. The lowest BCUT2D eigenvalue weighted by molar-refractivity contribution is -0.127. The Bertz CT molecular complexity index is 1340. The summed E-state index contributed by atoms with van der Waals surface area (Å²) >= 11 is 0. The van der Waals surface area contributed by atoms with Crippen LogP contribution in [0.3, 0.4) is 0 Å². The molecule has 190 valence electrons. The molecule has 0 aliphatic heterocycles. The number of hydrogen-bond donors (Lipinski definition) is 2. The van der Waals surface area contributed by atoms with E-state index in [1.54, 1.807) is 42.6 Å². The highest BCUT2D eigenvalue weighted by atomic mass is 16.5. The summed E-state index contributed by atoms with van der Waals surface area (Å²) in [4.78, 5) is 37.1. The highest BCUT2D eigenvalue weighted by Crippen LogP contribution is 2.31. The number of rotatable bonds is 8. The van der Waals surface area contributed by atoms with Crippen LogP contribution in [0.15, 0.2) is 79.3 Å². The first-order valence-electron chi connectivity index (χ1n) is 12.9. The highest BCUT2D eigenvalue weighted by molar-refractivity contribution is 6.03. The van der Waals surface area contributed by atoms with Crippen molar-refractivity contribution in [2.75, 3.05) is 12.0 Å². The fourth-order valence-corrected chi connectivity index (χ4v) is 5.19. The van der Waals surface area contributed by atoms with Crippen LogP contribution in [0.1, 0.15) is 49.3 Å². The Hall–Kier alpha value is -4.13. The van der Waals surface area contributed by atoms with E-state index >= 15 is 0 Å². The first-order valence-corrected chi connectivity index (χ1v) is 12.9. The monoisotopic (exact) mass is 496 g/mol. The van der Waals surface area contributed by atoms with Gasteiger partial charge in [-0.3, -0.25) is 19.5 Å². The molecule has 37 heavy (non-hydrogen) atoms. The molecule has 1 atom stereocenters. The molecular formula is C30H32N4O3. The van der Waals surface area contributed by atoms with Crippen LogP contribution >= 0.6 is 0 Å². The lowest BCUT2D eigenvalue weighted by Crippen LogP contribution is -2.47. The fraction of sp³-hybridized carbons (Fsp3) is 0.300. The van der Waals surface area contributed by atoms with Crippen LogP contribution in [-0.2, 0) is 16.0 Å². The quantitative estimate of drug-likeness (QED) is 0.345. The van der Waals surface area contributed by atoms with Crippen LogP contribution < -0.4 is 15.0 Å². The van der Waals surface area contributed by atoms with Crippen molar-refractivity contribution in [1.29, 1.82) is 0 Å². The number of benzene rings is 2. The first-order chi connectivity index (χ1) is 18.1. The molecule has 0 unspecified atom stereocenters. The van der Waals surface area contributed by atoms with Gasteiger partial charge in [-0.1, -0.05) is 43.5 Å². The van der Waals surface area contributed by atoms with Crippen molar-refractivity contribution in [1.82, 2.24) is 15.3 Å². The van der Waals surface area contributed by atoms with Gasteiger partial charge in [0.15, 0.2) is 0 Å². The molecule has 7 heteroatoms. The van der Waals surface area contributed by atoms with E-state index in [-0.39, 0.29) is 24.3 Å². The third kappa shape index (κ3) is 5.50. The molecular weight excluding hydrogens is 464 g/mol. The topological polar surface area (TPSA) is 87.3 Å². The second-order valence-electron chi connectivity index (χ2n) is 9.53. The van der Waals surface area contributed by atoms with Crippen molar-refractivity contribution in [3.63, 3.8) is 0 Å². The van der Waals surface area contributed by atoms with Gasteiger partial charge in [0.05, 0.1) is 13.5 Å². The molecule has 2 heterocycles. The molecule has 2 amide bonds. The molecule has 0 bridgehead atoms. The number of anilines is 1. The number of aromatic amines is 1. The Kier molecular flexibility index (Phi) is 7.49. The molecule has 0 radical (unpaired) electrons. The summed E-state index contributed by atoms with van der Waals surface area (Å²) in [6.45, 7) is 0. The van der Waals surface area contributed by atoms with Crippen LogP contribution in [0, 0.1) is 0 Å². The largest absolute Gasteiger partial charge is 0.497 e. The Morgan fingerprint density at radius 2 is 1.84 bits per heavy atom. The average Bonchev–Trinajstić information content (AvgIpc) is 3.35. The Morgan fingerprint density at radius 3 is 2.57 bits per heavy atom. The zero-order valence-corrected chi connectivity index (χ0v) is 21.0. The molecule has 0 saturated heterocycles. The molecule has 0 spiro atoms. The molecule has 7 nitrogen and oxygen atoms in total. The maximum Gasteiger partial charge on any atom is 0.248 e. The number of nitrogens with one attached hydrogen (secondary N) is 2. The Labute approximate surface area is 216 Å². The van der Waals surface area contributed by atoms with E-state index < -0.39 is 6.04 Å². The second-order valence-corrected chi connectivity index (χ2v) is 9.53. The van der Waals surface area contributed by atoms with Crippen molar-refractivity contribution in [3.8, 4) is 5.75 Å². The molecule has 1 aliphatic carbocycles. The van der Waals surface area contributed by atoms with Crippen LogP contribution in [-0.4, -0.2) is 34.9 Å². The Morgan fingerprint density at radius 1 is 1.05 bits per heavy atom. The SMILES string of the molecule is COc1ccc(N(C(=O)Cc2c[nH]c3ccccc23)[C@H](C(=O)NC2CCCCC2)c2cccnc2)cc1. The summed E-state index contributed by atoms with van der Waals surface area (Å²) in [5.41, 5.74) is 3.15. The van der Waals surface area contributed by atoms with Gasteiger partial charge in [-0.05, 0) is 54.8 Å². The number of aromatic nitrogens is 2. The molecule has 2 aromatic heterocycles. The maximum atomic E-state index is 14.1. The number of H-pyrrole nitrogens is 1. The summed E-state index contributed by atoms with van der Waals surface area (Å²) in [5, 5.41) is 4.24. The lowest BCUT2D eigenvalue weighted by Gasteiger charge is -2.33. The number of carbonyl (C=O) groups is 2. The number of ether oxygens (including phenoxy) is 1. The summed E-state index contributed by atoms with van der Waals surface area (Å²) in [7, 11) is 1.60. The number of fused-ring (bicyclic) bond motifs is 1. The predicted molar refractivity (Wildman–Crippen MR) is 144 cm³/mol. The van der Waals surface area contributed by atoms with Crippen LogP contribution in [0.2, 0.25) is 0 Å².